The molecule has 0 spiro atoms. The molecule has 0 aromatic heterocycles. The summed E-state index contributed by atoms with van der Waals surface area (Å²) in [5, 5.41) is 11.4. The zero-order chi connectivity index (χ0) is 17.1. The van der Waals surface area contributed by atoms with Gasteiger partial charge in [0, 0.05) is 12.8 Å². The summed E-state index contributed by atoms with van der Waals surface area (Å²) in [5.41, 5.74) is -0.704. The molecule has 3 rings (SSSR count). The molecule has 2 aliphatic rings. The maximum absolute atomic E-state index is 12.0. The largest absolute Gasteiger partial charge is 0.486 e. The molecule has 0 bridgehead atoms. The van der Waals surface area contributed by atoms with Crippen LogP contribution in [0, 0.1) is 10.1 Å². The molecule has 24 heavy (non-hydrogen) atoms. The molecule has 0 N–H and O–H groups in total. The number of nitrogens with zero attached hydrogens (tertiary/aromatic N) is 1. The first-order chi connectivity index (χ1) is 11.6. The van der Waals surface area contributed by atoms with Gasteiger partial charge in [-0.25, -0.2) is 4.79 Å². The molecule has 0 unspecified atom stereocenters. The molecule has 0 radical (unpaired) electrons. The number of hydrogen-bond donors (Lipinski definition) is 0. The Morgan fingerprint density at radius 2 is 1.88 bits per heavy atom. The van der Waals surface area contributed by atoms with Gasteiger partial charge in [0.25, 0.3) is 5.69 Å². The van der Waals surface area contributed by atoms with Crippen LogP contribution >= 0.6 is 0 Å². The van der Waals surface area contributed by atoms with Gasteiger partial charge in [0.2, 0.25) is 5.75 Å². The molecule has 9 heteroatoms. The lowest BCUT2D eigenvalue weighted by Crippen LogP contribution is -2.27. The average molecular weight is 339 g/mol. The second-order valence-electron chi connectivity index (χ2n) is 5.30. The van der Waals surface area contributed by atoms with Gasteiger partial charge in [-0.1, -0.05) is 0 Å². The lowest BCUT2D eigenvalue weighted by atomic mass is 10.1. The van der Waals surface area contributed by atoms with Crippen LogP contribution in [0.1, 0.15) is 23.2 Å². The number of benzene rings is 1. The fraction of sp³-hybridized carbons (Fsp3) is 0.533. The summed E-state index contributed by atoms with van der Waals surface area (Å²) >= 11 is 0. The molecular weight excluding hydrogens is 322 g/mol. The van der Waals surface area contributed by atoms with E-state index in [1.165, 1.54) is 6.07 Å². The van der Waals surface area contributed by atoms with Crippen molar-refractivity contribution in [2.75, 3.05) is 33.5 Å². The Kier molecular flexibility index (Phi) is 4.70. The van der Waals surface area contributed by atoms with Crippen molar-refractivity contribution in [2.45, 2.75) is 18.9 Å². The van der Waals surface area contributed by atoms with Gasteiger partial charge in [0.1, 0.15) is 19.3 Å². The molecular formula is C15H17NO8. The molecule has 2 aliphatic heterocycles. The lowest BCUT2D eigenvalue weighted by Gasteiger charge is -2.27. The number of ether oxygens (including phenoxy) is 5. The summed E-state index contributed by atoms with van der Waals surface area (Å²) in [6.07, 6.45) is 1.20. The Hall–Kier alpha value is -2.55. The van der Waals surface area contributed by atoms with Gasteiger partial charge in [0.05, 0.1) is 31.3 Å². The molecule has 1 aromatic rings. The molecule has 2 heterocycles. The monoisotopic (exact) mass is 339 g/mol. The number of carbonyl (C=O) groups is 1. The summed E-state index contributed by atoms with van der Waals surface area (Å²) in [4.78, 5) is 22.7. The molecule has 0 amide bonds. The number of methoxy groups -OCH3 is 1. The minimum atomic E-state index is -0.860. The highest BCUT2D eigenvalue weighted by molar-refractivity contribution is 5.99. The van der Waals surface area contributed by atoms with Crippen LogP contribution in [0.5, 0.6) is 17.2 Å². The predicted octanol–water partition coefficient (Wildman–Crippen LogP) is 1.71. The van der Waals surface area contributed by atoms with Gasteiger partial charge in [0.15, 0.2) is 17.1 Å². The Morgan fingerprint density at radius 3 is 2.50 bits per heavy atom. The highest BCUT2D eigenvalue weighted by Gasteiger charge is 2.35. The number of esters is 1. The SMILES string of the molecule is COC(=O)c1c([N+](=O)[O-])cc(OC2CCOCC2)c2c1OCCO2. The van der Waals surface area contributed by atoms with E-state index in [9.17, 15) is 14.9 Å². The van der Waals surface area contributed by atoms with Crippen LogP contribution in [0.3, 0.4) is 0 Å². The summed E-state index contributed by atoms with van der Waals surface area (Å²) in [5.74, 6) is -0.486. The van der Waals surface area contributed by atoms with Crippen LogP contribution < -0.4 is 14.2 Å². The third-order valence-electron chi connectivity index (χ3n) is 3.81. The molecule has 0 saturated carbocycles. The van der Waals surface area contributed by atoms with Crippen LogP contribution in [0.15, 0.2) is 6.07 Å². The van der Waals surface area contributed by atoms with Crippen LogP contribution in [0.2, 0.25) is 0 Å². The number of nitro groups is 1. The van der Waals surface area contributed by atoms with Gasteiger partial charge < -0.3 is 23.7 Å². The predicted molar refractivity (Wildman–Crippen MR) is 79.9 cm³/mol. The first kappa shape index (κ1) is 16.3. The van der Waals surface area contributed by atoms with Crippen molar-refractivity contribution in [3.05, 3.63) is 21.7 Å². The normalized spacial score (nSPS) is 17.2. The van der Waals surface area contributed by atoms with Crippen molar-refractivity contribution in [2.24, 2.45) is 0 Å². The van der Waals surface area contributed by atoms with Crippen LogP contribution in [-0.2, 0) is 9.47 Å². The number of rotatable bonds is 4. The molecule has 1 aromatic carbocycles. The van der Waals surface area contributed by atoms with Crippen molar-refractivity contribution in [1.82, 2.24) is 0 Å². The first-order valence-corrected chi connectivity index (χ1v) is 7.55. The van der Waals surface area contributed by atoms with Crippen molar-refractivity contribution < 1.29 is 33.4 Å². The Labute approximate surface area is 137 Å². The van der Waals surface area contributed by atoms with Crippen LogP contribution in [0.4, 0.5) is 5.69 Å². The van der Waals surface area contributed by atoms with E-state index >= 15 is 0 Å². The van der Waals surface area contributed by atoms with Gasteiger partial charge in [-0.3, -0.25) is 10.1 Å². The van der Waals surface area contributed by atoms with Crippen molar-refractivity contribution in [1.29, 1.82) is 0 Å². The highest BCUT2D eigenvalue weighted by atomic mass is 16.6. The standard InChI is InChI=1S/C15H17NO8/c1-20-15(17)12-10(16(18)19)8-11(13-14(12)23-7-6-22-13)24-9-2-4-21-5-3-9/h8-9H,2-7H2,1H3. The number of fused-ring (bicyclic) bond motifs is 1. The maximum Gasteiger partial charge on any atom is 0.348 e. The fourth-order valence-corrected chi connectivity index (χ4v) is 2.67. The summed E-state index contributed by atoms with van der Waals surface area (Å²) in [6, 6.07) is 1.19. The second-order valence-corrected chi connectivity index (χ2v) is 5.30. The maximum atomic E-state index is 12.0. The quantitative estimate of drug-likeness (QED) is 0.463. The van der Waals surface area contributed by atoms with Gasteiger partial charge in [-0.15, -0.1) is 0 Å². The molecule has 1 fully saturated rings. The smallest absolute Gasteiger partial charge is 0.348 e. The van der Waals surface area contributed by atoms with Gasteiger partial charge in [-0.05, 0) is 0 Å². The molecule has 0 aliphatic carbocycles. The zero-order valence-corrected chi connectivity index (χ0v) is 13.1. The minimum Gasteiger partial charge on any atom is -0.486 e. The van der Waals surface area contributed by atoms with E-state index in [0.717, 1.165) is 7.11 Å². The van der Waals surface area contributed by atoms with E-state index in [1.807, 2.05) is 0 Å². The lowest BCUT2D eigenvalue weighted by molar-refractivity contribution is -0.385. The number of hydrogen-bond acceptors (Lipinski definition) is 8. The molecule has 0 atom stereocenters. The minimum absolute atomic E-state index is 0.00985. The summed E-state index contributed by atoms with van der Waals surface area (Å²) in [6.45, 7) is 1.56. The van der Waals surface area contributed by atoms with E-state index in [-0.39, 0.29) is 42.1 Å². The van der Waals surface area contributed by atoms with Crippen LogP contribution in [0.25, 0.3) is 0 Å². The van der Waals surface area contributed by atoms with E-state index in [0.29, 0.717) is 26.1 Å². The van der Waals surface area contributed by atoms with Crippen molar-refractivity contribution in [3.8, 4) is 17.2 Å². The number of nitro benzene ring substituents is 1. The highest BCUT2D eigenvalue weighted by Crippen LogP contribution is 2.47. The molecule has 1 saturated heterocycles. The van der Waals surface area contributed by atoms with Gasteiger partial charge >= 0.3 is 5.97 Å². The number of carbonyl (C=O) groups excluding carboxylic acids is 1. The third-order valence-corrected chi connectivity index (χ3v) is 3.81. The third kappa shape index (κ3) is 3.07. The van der Waals surface area contributed by atoms with Crippen LogP contribution in [-0.4, -0.2) is 50.5 Å². The topological polar surface area (TPSA) is 106 Å². The Bertz CT molecular complexity index is 653. The molecule has 130 valence electrons. The summed E-state index contributed by atoms with van der Waals surface area (Å²) < 4.78 is 26.8. The van der Waals surface area contributed by atoms with E-state index in [2.05, 4.69) is 4.74 Å². The van der Waals surface area contributed by atoms with Crippen molar-refractivity contribution >= 4 is 11.7 Å². The van der Waals surface area contributed by atoms with E-state index in [1.54, 1.807) is 0 Å². The van der Waals surface area contributed by atoms with E-state index < -0.39 is 16.6 Å². The average Bonchev–Trinajstić information content (AvgIpc) is 2.61. The zero-order valence-electron chi connectivity index (χ0n) is 13.1. The fourth-order valence-electron chi connectivity index (χ4n) is 2.67. The van der Waals surface area contributed by atoms with Crippen molar-refractivity contribution in [3.63, 3.8) is 0 Å². The Morgan fingerprint density at radius 1 is 1.21 bits per heavy atom. The Balaban J connectivity index is 2.06. The van der Waals surface area contributed by atoms with E-state index in [4.69, 9.17) is 18.9 Å². The first-order valence-electron chi connectivity index (χ1n) is 7.55. The second kappa shape index (κ2) is 6.91. The summed E-state index contributed by atoms with van der Waals surface area (Å²) in [7, 11) is 1.15. The molecule has 9 nitrogen and oxygen atoms in total. The van der Waals surface area contributed by atoms with Gasteiger partial charge in [-0.2, -0.15) is 0 Å².